The summed E-state index contributed by atoms with van der Waals surface area (Å²) in [6.07, 6.45) is -5.55. The van der Waals surface area contributed by atoms with Crippen molar-refractivity contribution in [2.24, 2.45) is 0 Å². The normalized spacial score (nSPS) is 12.4. The molecule has 0 spiro atoms. The average molecular weight is 407 g/mol. The first-order valence-corrected chi connectivity index (χ1v) is 7.29. The van der Waals surface area contributed by atoms with Gasteiger partial charge in [-0.05, 0) is 13.0 Å². The molecule has 132 valence electrons. The van der Waals surface area contributed by atoms with Gasteiger partial charge in [0.2, 0.25) is 5.01 Å². The van der Waals surface area contributed by atoms with Crippen LogP contribution in [0.25, 0.3) is 0 Å². The molecule has 0 fully saturated rings. The Kier molecular flexibility index (Phi) is 8.35. The molecule has 5 nitrogen and oxygen atoms in total. The molecule has 1 atom stereocenters. The molecule has 25 heavy (non-hydrogen) atoms. The van der Waals surface area contributed by atoms with E-state index in [0.717, 1.165) is 24.5 Å². The number of ether oxygens (including phenoxy) is 1. The van der Waals surface area contributed by atoms with Gasteiger partial charge in [0, 0.05) is 11.6 Å². The van der Waals surface area contributed by atoms with Crippen LogP contribution in [0.1, 0.15) is 30.1 Å². The van der Waals surface area contributed by atoms with Crippen LogP contribution in [0.15, 0.2) is 23.8 Å². The van der Waals surface area contributed by atoms with Crippen molar-refractivity contribution in [2.75, 3.05) is 5.32 Å². The van der Waals surface area contributed by atoms with Crippen LogP contribution in [0.4, 0.5) is 27.8 Å². The van der Waals surface area contributed by atoms with Gasteiger partial charge < -0.3 is 11.5 Å². The molecule has 0 unspecified atom stereocenters. The van der Waals surface area contributed by atoms with Gasteiger partial charge in [-0.25, -0.2) is 23.5 Å². The van der Waals surface area contributed by atoms with Crippen LogP contribution in [-0.2, 0) is 0 Å². The Labute approximate surface area is 186 Å². The number of anilines is 1. The van der Waals surface area contributed by atoms with Crippen molar-refractivity contribution < 1.29 is 84.3 Å². The quantitative estimate of drug-likeness (QED) is 0.458. The van der Waals surface area contributed by atoms with E-state index in [1.165, 1.54) is 11.6 Å². The Hall–Kier alpha value is -0.664. The molecule has 2 aromatic rings. The number of thiazole rings is 1. The molecule has 0 aliphatic rings. The fourth-order valence-corrected chi connectivity index (χ4v) is 2.07. The predicted octanol–water partition coefficient (Wildman–Crippen LogP) is 1.17. The van der Waals surface area contributed by atoms with E-state index in [-0.39, 0.29) is 57.8 Å². The van der Waals surface area contributed by atoms with Crippen molar-refractivity contribution in [3.8, 4) is 5.75 Å². The summed E-state index contributed by atoms with van der Waals surface area (Å²) in [6.45, 7) is 0.820. The molecular formula is C13H11F5KN3O2S. The van der Waals surface area contributed by atoms with Crippen molar-refractivity contribution in [2.45, 2.75) is 25.6 Å². The van der Waals surface area contributed by atoms with Gasteiger partial charge >= 0.3 is 63.5 Å². The molecule has 0 saturated heterocycles. The van der Waals surface area contributed by atoms with Gasteiger partial charge in [-0.1, -0.05) is 0 Å². The van der Waals surface area contributed by atoms with E-state index in [0.29, 0.717) is 6.07 Å². The summed E-state index contributed by atoms with van der Waals surface area (Å²) < 4.78 is 68.4. The molecule has 0 bridgehead atoms. The van der Waals surface area contributed by atoms with Gasteiger partial charge in [0.05, 0.1) is 11.8 Å². The first-order valence-electron chi connectivity index (χ1n) is 6.41. The third kappa shape index (κ3) is 6.22. The second-order valence-electron chi connectivity index (χ2n) is 4.54. The van der Waals surface area contributed by atoms with E-state index >= 15 is 0 Å². The summed E-state index contributed by atoms with van der Waals surface area (Å²) >= 11 is 0.948. The van der Waals surface area contributed by atoms with Gasteiger partial charge in [-0.2, -0.15) is 13.2 Å². The van der Waals surface area contributed by atoms with Crippen LogP contribution in [-0.4, -0.2) is 28.2 Å². The summed E-state index contributed by atoms with van der Waals surface area (Å²) in [4.78, 5) is 19.0. The van der Waals surface area contributed by atoms with Crippen LogP contribution in [0, 0.1) is 0 Å². The fourth-order valence-electron chi connectivity index (χ4n) is 1.56. The Morgan fingerprint density at radius 3 is 2.56 bits per heavy atom. The van der Waals surface area contributed by atoms with Crippen molar-refractivity contribution in [3.63, 3.8) is 0 Å². The molecule has 0 amide bonds. The maximum Gasteiger partial charge on any atom is 1.00 e. The van der Waals surface area contributed by atoms with E-state index in [4.69, 9.17) is 4.74 Å². The number of hydrogen-bond acceptors (Lipinski definition) is 6. The molecule has 12 heteroatoms. The smallest absolute Gasteiger partial charge is 1.00 e. The number of carbonyl (C=O) groups is 1. The molecule has 2 rings (SSSR count). The zero-order chi connectivity index (χ0) is 17.9. The minimum Gasteiger partial charge on any atom is -1.00 e. The van der Waals surface area contributed by atoms with E-state index in [9.17, 15) is 26.7 Å². The van der Waals surface area contributed by atoms with Gasteiger partial charge in [0.15, 0.2) is 5.75 Å². The number of alkyl halides is 5. The third-order valence-electron chi connectivity index (χ3n) is 2.80. The number of carbonyl (C=O) groups excluding carboxylic acids is 1. The van der Waals surface area contributed by atoms with Crippen molar-refractivity contribution in [1.82, 2.24) is 9.97 Å². The molecule has 0 aromatic carbocycles. The molecule has 0 aliphatic carbocycles. The first kappa shape index (κ1) is 22.4. The number of hydrogen-bond donors (Lipinski definition) is 1. The molecule has 0 radical (unpaired) electrons. The largest absolute Gasteiger partial charge is 1.00 e. The second kappa shape index (κ2) is 9.32. The number of nitrogens with one attached hydrogen (secondary N) is 1. The minimum absolute atomic E-state index is 0. The molecule has 0 aliphatic heterocycles. The van der Waals surface area contributed by atoms with E-state index < -0.39 is 41.7 Å². The standard InChI is InChI=1S/C13H10F5N3O2S.K.H/c1-6(13(16,17)18)21-9-4-7(10(14)15)8(5-20-9)23-12(22)11-19-2-3-24-11;;/h2-6,10H,1H3,(H,20,21);;/q;+1;-1/t6-;;/m0../s1. The predicted molar refractivity (Wildman–Crippen MR) is 76.5 cm³/mol. The van der Waals surface area contributed by atoms with Gasteiger partial charge in [-0.3, -0.25) is 0 Å². The maximum atomic E-state index is 13.1. The third-order valence-corrected chi connectivity index (χ3v) is 3.55. The topological polar surface area (TPSA) is 64.1 Å². The molecule has 2 heterocycles. The second-order valence-corrected chi connectivity index (χ2v) is 5.44. The fraction of sp³-hybridized carbons (Fsp3) is 0.308. The summed E-state index contributed by atoms with van der Waals surface area (Å²) in [5.41, 5.74) is -0.758. The summed E-state index contributed by atoms with van der Waals surface area (Å²) in [6, 6.07) is -1.28. The van der Waals surface area contributed by atoms with E-state index in [1.54, 1.807) is 0 Å². The summed E-state index contributed by atoms with van der Waals surface area (Å²) in [7, 11) is 0. The zero-order valence-corrected chi connectivity index (χ0v) is 16.9. The number of pyridine rings is 1. The van der Waals surface area contributed by atoms with Gasteiger partial charge in [0.1, 0.15) is 11.9 Å². The number of halogens is 5. The van der Waals surface area contributed by atoms with Gasteiger partial charge in [-0.15, -0.1) is 11.3 Å². The minimum atomic E-state index is -4.57. The number of aromatic nitrogens is 2. The Morgan fingerprint density at radius 1 is 1.36 bits per heavy atom. The SMILES string of the molecule is C[C@H](Nc1cc(C(F)F)c(OC(=O)c2nccs2)cn1)C(F)(F)F.[H-].[K+]. The van der Waals surface area contributed by atoms with Crippen LogP contribution in [0.3, 0.4) is 0 Å². The van der Waals surface area contributed by atoms with Crippen LogP contribution in [0.2, 0.25) is 0 Å². The van der Waals surface area contributed by atoms with E-state index in [2.05, 4.69) is 9.97 Å². The van der Waals surface area contributed by atoms with Crippen LogP contribution in [0.5, 0.6) is 5.75 Å². The zero-order valence-electron chi connectivity index (χ0n) is 14.0. The summed E-state index contributed by atoms with van der Waals surface area (Å²) in [5.74, 6) is -1.92. The van der Waals surface area contributed by atoms with Crippen LogP contribution < -0.4 is 61.4 Å². The van der Waals surface area contributed by atoms with Crippen molar-refractivity contribution in [1.29, 1.82) is 0 Å². The number of nitrogens with zero attached hydrogens (tertiary/aromatic N) is 2. The first-order chi connectivity index (χ1) is 11.2. The average Bonchev–Trinajstić information content (AvgIpc) is 3.01. The number of rotatable bonds is 5. The van der Waals surface area contributed by atoms with Gasteiger partial charge in [0.25, 0.3) is 6.43 Å². The maximum absolute atomic E-state index is 13.1. The molecule has 0 saturated carbocycles. The summed E-state index contributed by atoms with van der Waals surface area (Å²) in [5, 5.41) is 3.41. The van der Waals surface area contributed by atoms with Crippen molar-refractivity contribution >= 4 is 23.1 Å². The molecule has 1 N–H and O–H groups in total. The molecule has 2 aromatic heterocycles. The molecular weight excluding hydrogens is 396 g/mol. The Bertz CT molecular complexity index is 718. The Morgan fingerprint density at radius 2 is 2.04 bits per heavy atom. The Balaban J connectivity index is 0.00000312. The van der Waals surface area contributed by atoms with E-state index in [1.807, 2.05) is 5.32 Å². The monoisotopic (exact) mass is 407 g/mol. The number of esters is 1. The van der Waals surface area contributed by atoms with Crippen molar-refractivity contribution in [3.05, 3.63) is 34.4 Å². The van der Waals surface area contributed by atoms with Crippen LogP contribution >= 0.6 is 11.3 Å².